The quantitative estimate of drug-likeness (QED) is 0.658. The largest absolute Gasteiger partial charge is 0.300 e. The molecular weight excluding hydrogens is 328 g/mol. The van der Waals surface area contributed by atoms with Crippen molar-refractivity contribution in [2.75, 3.05) is 0 Å². The van der Waals surface area contributed by atoms with Crippen LogP contribution in [0.3, 0.4) is 0 Å². The van der Waals surface area contributed by atoms with Crippen molar-refractivity contribution in [1.82, 2.24) is 14.5 Å². The molecule has 0 spiro atoms. The molecule has 0 aliphatic heterocycles. The highest BCUT2D eigenvalue weighted by molar-refractivity contribution is 7.91. The Morgan fingerprint density at radius 3 is 2.80 bits per heavy atom. The monoisotopic (exact) mass is 336 g/mol. The molecule has 0 amide bonds. The minimum atomic E-state index is -3.85. The highest BCUT2D eigenvalue weighted by Gasteiger charge is 2.25. The normalized spacial score (nSPS) is 11.7. The lowest BCUT2D eigenvalue weighted by Gasteiger charge is -2.01. The molecular formula is C9H9ClN4O4S2. The molecule has 2 rings (SSSR count). The van der Waals surface area contributed by atoms with Crippen LogP contribution in [-0.4, -0.2) is 23.1 Å². The van der Waals surface area contributed by atoms with E-state index >= 15 is 0 Å². The Hall–Kier alpha value is -1.49. The Labute approximate surface area is 123 Å². The number of aryl methyl sites for hydroxylation is 1. The molecule has 0 unspecified atom stereocenters. The number of nitro groups is 1. The predicted molar refractivity (Wildman–Crippen MR) is 73.2 cm³/mol. The first-order valence-electron chi connectivity index (χ1n) is 5.21. The molecule has 108 valence electrons. The molecule has 2 aromatic rings. The molecule has 0 atom stereocenters. The third-order valence-electron chi connectivity index (χ3n) is 2.32. The van der Waals surface area contributed by atoms with Gasteiger partial charge >= 0.3 is 0 Å². The molecule has 0 aliphatic rings. The van der Waals surface area contributed by atoms with E-state index in [1.165, 1.54) is 4.68 Å². The number of nitrogens with one attached hydrogen (secondary N) is 1. The van der Waals surface area contributed by atoms with Gasteiger partial charge in [-0.05, 0) is 6.07 Å². The van der Waals surface area contributed by atoms with E-state index in [9.17, 15) is 18.5 Å². The van der Waals surface area contributed by atoms with Gasteiger partial charge in [-0.15, -0.1) is 11.3 Å². The van der Waals surface area contributed by atoms with Crippen LogP contribution in [0.25, 0.3) is 0 Å². The lowest BCUT2D eigenvalue weighted by atomic mass is 10.4. The highest BCUT2D eigenvalue weighted by Crippen LogP contribution is 2.36. The van der Waals surface area contributed by atoms with Gasteiger partial charge in [0.1, 0.15) is 4.21 Å². The van der Waals surface area contributed by atoms with Crippen LogP contribution in [0.5, 0.6) is 0 Å². The number of hydrogen-bond acceptors (Lipinski definition) is 6. The summed E-state index contributed by atoms with van der Waals surface area (Å²) in [7, 11) is -2.15. The molecule has 2 heterocycles. The summed E-state index contributed by atoms with van der Waals surface area (Å²) in [5, 5.41) is 14.7. The van der Waals surface area contributed by atoms with Gasteiger partial charge < -0.3 is 0 Å². The second-order valence-electron chi connectivity index (χ2n) is 3.79. The molecule has 20 heavy (non-hydrogen) atoms. The molecule has 0 aliphatic carbocycles. The Balaban J connectivity index is 2.18. The van der Waals surface area contributed by atoms with Crippen LogP contribution in [-0.2, 0) is 23.6 Å². The first-order valence-corrected chi connectivity index (χ1v) is 7.89. The molecule has 0 aromatic carbocycles. The lowest BCUT2D eigenvalue weighted by Crippen LogP contribution is -2.22. The van der Waals surface area contributed by atoms with Crippen molar-refractivity contribution >= 4 is 38.6 Å². The lowest BCUT2D eigenvalue weighted by molar-refractivity contribution is -0.384. The van der Waals surface area contributed by atoms with Crippen molar-refractivity contribution < 1.29 is 13.3 Å². The summed E-state index contributed by atoms with van der Waals surface area (Å²) in [6.45, 7) is -0.00745. The van der Waals surface area contributed by atoms with Crippen molar-refractivity contribution in [2.24, 2.45) is 7.05 Å². The predicted octanol–water partition coefficient (Wildman–Crippen LogP) is 1.52. The molecule has 1 N–H and O–H groups in total. The Bertz CT molecular complexity index is 752. The van der Waals surface area contributed by atoms with E-state index in [2.05, 4.69) is 9.82 Å². The zero-order chi connectivity index (χ0) is 14.9. The standard InChI is InChI=1S/C9H9ClN4O4S2/c1-13-3-2-6(12-13)5-11-20(17,18)8-4-7(14(15)16)9(10)19-8/h2-4,11H,5H2,1H3. The van der Waals surface area contributed by atoms with Gasteiger partial charge in [-0.2, -0.15) is 5.10 Å². The van der Waals surface area contributed by atoms with E-state index < -0.39 is 20.6 Å². The molecule has 0 radical (unpaired) electrons. The fourth-order valence-corrected chi connectivity index (χ4v) is 4.10. The number of thiophene rings is 1. The van der Waals surface area contributed by atoms with Crippen molar-refractivity contribution in [1.29, 1.82) is 0 Å². The number of sulfonamides is 1. The van der Waals surface area contributed by atoms with Crippen molar-refractivity contribution in [2.45, 2.75) is 10.8 Å². The number of halogens is 1. The van der Waals surface area contributed by atoms with Crippen LogP contribution in [0.2, 0.25) is 4.34 Å². The van der Waals surface area contributed by atoms with Crippen LogP contribution in [0.15, 0.2) is 22.5 Å². The molecule has 8 nitrogen and oxygen atoms in total. The van der Waals surface area contributed by atoms with E-state index in [1.807, 2.05) is 0 Å². The number of hydrogen-bond donors (Lipinski definition) is 1. The molecule has 0 saturated heterocycles. The van der Waals surface area contributed by atoms with Crippen LogP contribution in [0.4, 0.5) is 5.69 Å². The first-order chi connectivity index (χ1) is 9.29. The topological polar surface area (TPSA) is 107 Å². The van der Waals surface area contributed by atoms with Gasteiger partial charge in [0, 0.05) is 19.3 Å². The number of nitrogens with zero attached hydrogens (tertiary/aromatic N) is 3. The van der Waals surface area contributed by atoms with Gasteiger partial charge in [-0.3, -0.25) is 14.8 Å². The molecule has 0 saturated carbocycles. The van der Waals surface area contributed by atoms with E-state index in [4.69, 9.17) is 11.6 Å². The highest BCUT2D eigenvalue weighted by atomic mass is 35.5. The van der Waals surface area contributed by atoms with Crippen molar-refractivity contribution in [3.63, 3.8) is 0 Å². The Morgan fingerprint density at radius 1 is 1.60 bits per heavy atom. The summed E-state index contributed by atoms with van der Waals surface area (Å²) in [6.07, 6.45) is 1.68. The average molecular weight is 337 g/mol. The average Bonchev–Trinajstić information content (AvgIpc) is 2.93. The van der Waals surface area contributed by atoms with Crippen LogP contribution in [0.1, 0.15) is 5.69 Å². The zero-order valence-electron chi connectivity index (χ0n) is 10.1. The van der Waals surface area contributed by atoms with Gasteiger partial charge in [0.25, 0.3) is 15.7 Å². The minimum Gasteiger partial charge on any atom is -0.276 e. The maximum Gasteiger partial charge on any atom is 0.300 e. The summed E-state index contributed by atoms with van der Waals surface area (Å²) < 4.78 is 27.4. The van der Waals surface area contributed by atoms with Crippen molar-refractivity contribution in [3.8, 4) is 0 Å². The SMILES string of the molecule is Cn1ccc(CNS(=O)(=O)c2cc([N+](=O)[O-])c(Cl)s2)n1. The van der Waals surface area contributed by atoms with Crippen molar-refractivity contribution in [3.05, 3.63) is 38.5 Å². The van der Waals surface area contributed by atoms with Gasteiger partial charge in [-0.25, -0.2) is 13.1 Å². The molecule has 11 heteroatoms. The second kappa shape index (κ2) is 5.48. The molecule has 0 fully saturated rings. The van der Waals surface area contributed by atoms with E-state index in [0.717, 1.165) is 6.07 Å². The Morgan fingerprint density at radius 2 is 2.30 bits per heavy atom. The van der Waals surface area contributed by atoms with E-state index in [0.29, 0.717) is 17.0 Å². The maximum absolute atomic E-state index is 12.0. The summed E-state index contributed by atoms with van der Waals surface area (Å²) >= 11 is 6.27. The molecule has 0 bridgehead atoms. The van der Waals surface area contributed by atoms with Gasteiger partial charge in [0.2, 0.25) is 0 Å². The second-order valence-corrected chi connectivity index (χ2v) is 7.43. The molecule has 2 aromatic heterocycles. The van der Waals surface area contributed by atoms with E-state index in [-0.39, 0.29) is 15.1 Å². The van der Waals surface area contributed by atoms with Gasteiger partial charge in [0.15, 0.2) is 4.34 Å². The summed E-state index contributed by atoms with van der Waals surface area (Å²) in [6, 6.07) is 2.60. The minimum absolute atomic E-state index is 0.00745. The fourth-order valence-electron chi connectivity index (χ4n) is 1.39. The third-order valence-corrected chi connectivity index (χ3v) is 5.53. The number of rotatable bonds is 5. The van der Waals surface area contributed by atoms with Gasteiger partial charge in [-0.1, -0.05) is 11.6 Å². The first kappa shape index (κ1) is 14.9. The fraction of sp³-hybridized carbons (Fsp3) is 0.222. The summed E-state index contributed by atoms with van der Waals surface area (Å²) in [5.74, 6) is 0. The Kier molecular flexibility index (Phi) is 4.09. The van der Waals surface area contributed by atoms with Crippen LogP contribution in [0, 0.1) is 10.1 Å². The zero-order valence-corrected chi connectivity index (χ0v) is 12.5. The maximum atomic E-state index is 12.0. The smallest absolute Gasteiger partial charge is 0.276 e. The summed E-state index contributed by atoms with van der Waals surface area (Å²) in [5.41, 5.74) is 0.114. The van der Waals surface area contributed by atoms with Crippen LogP contribution >= 0.6 is 22.9 Å². The van der Waals surface area contributed by atoms with E-state index in [1.54, 1.807) is 19.3 Å². The van der Waals surface area contributed by atoms with Crippen LogP contribution < -0.4 is 4.72 Å². The third kappa shape index (κ3) is 3.15. The van der Waals surface area contributed by atoms with Gasteiger partial charge in [0.05, 0.1) is 17.2 Å². The summed E-state index contributed by atoms with van der Waals surface area (Å²) in [4.78, 5) is 9.92. The number of aromatic nitrogens is 2.